The highest BCUT2D eigenvalue weighted by atomic mass is 16.7. The van der Waals surface area contributed by atoms with Crippen LogP contribution in [0.4, 0.5) is 4.79 Å². The number of nitrogens with zero attached hydrogens (tertiary/aromatic N) is 1. The fraction of sp³-hybridized carbons (Fsp3) is 0.639. The zero-order valence-corrected chi connectivity index (χ0v) is 32.6. The largest absolute Gasteiger partial charge is 0.463 e. The topological polar surface area (TPSA) is 220 Å². The predicted octanol–water partition coefficient (Wildman–Crippen LogP) is 0.733. The van der Waals surface area contributed by atoms with E-state index in [1.54, 1.807) is 44.2 Å². The number of hydrogen-bond donors (Lipinski definition) is 3. The van der Waals surface area contributed by atoms with Crippen molar-refractivity contribution in [2.45, 2.75) is 104 Å². The maximum atomic E-state index is 14.0. The molecule has 1 heterocycles. The minimum Gasteiger partial charge on any atom is -0.463 e. The van der Waals surface area contributed by atoms with Gasteiger partial charge in [-0.3, -0.25) is 24.0 Å². The third-order valence-corrected chi connectivity index (χ3v) is 7.88. The van der Waals surface area contributed by atoms with Crippen LogP contribution in [0.2, 0.25) is 0 Å². The molecule has 18 nitrogen and oxygen atoms in total. The third-order valence-electron chi connectivity index (χ3n) is 7.88. The van der Waals surface area contributed by atoms with Crippen molar-refractivity contribution < 1.29 is 71.2 Å². The Hall–Kier alpha value is -4.81. The van der Waals surface area contributed by atoms with Gasteiger partial charge in [-0.25, -0.2) is 9.59 Å². The monoisotopic (exact) mass is 767 g/mol. The fourth-order valence-electron chi connectivity index (χ4n) is 5.24. The number of carbonyl (C=O) groups excluding carboxylic acids is 7. The van der Waals surface area contributed by atoms with Gasteiger partial charge in [-0.2, -0.15) is 0 Å². The maximum absolute atomic E-state index is 14.0. The minimum atomic E-state index is -1.57. The van der Waals surface area contributed by atoms with Crippen molar-refractivity contribution in [2.24, 2.45) is 5.92 Å². The molecule has 1 aliphatic heterocycles. The van der Waals surface area contributed by atoms with Gasteiger partial charge in [0, 0.05) is 27.7 Å². The average Bonchev–Trinajstić information content (AvgIpc) is 3.05. The lowest BCUT2D eigenvalue weighted by atomic mass is 9.95. The van der Waals surface area contributed by atoms with Crippen LogP contribution in [-0.4, -0.2) is 136 Å². The molecule has 0 aliphatic carbocycles. The van der Waals surface area contributed by atoms with Crippen LogP contribution in [0.5, 0.6) is 0 Å². The van der Waals surface area contributed by atoms with Crippen LogP contribution < -0.4 is 16.0 Å². The molecular weight excluding hydrogens is 712 g/mol. The molecule has 54 heavy (non-hydrogen) atoms. The molecule has 1 aliphatic rings. The van der Waals surface area contributed by atoms with Crippen molar-refractivity contribution in [2.75, 3.05) is 40.9 Å². The summed E-state index contributed by atoms with van der Waals surface area (Å²) in [6, 6.07) is 4.71. The van der Waals surface area contributed by atoms with Crippen LogP contribution in [-0.2, 0) is 68.5 Å². The zero-order valence-electron chi connectivity index (χ0n) is 32.6. The second kappa shape index (κ2) is 21.2. The molecule has 18 heteroatoms. The first-order valence-electron chi connectivity index (χ1n) is 17.5. The quantitative estimate of drug-likeness (QED) is 0.107. The summed E-state index contributed by atoms with van der Waals surface area (Å²) in [5.41, 5.74) is 0.667. The number of quaternary nitrogens is 1. The molecule has 3 N–H and O–H groups in total. The van der Waals surface area contributed by atoms with Crippen LogP contribution in [0.1, 0.15) is 54.0 Å². The van der Waals surface area contributed by atoms with E-state index in [-0.39, 0.29) is 13.2 Å². The van der Waals surface area contributed by atoms with Gasteiger partial charge in [-0.1, -0.05) is 44.2 Å². The van der Waals surface area contributed by atoms with Gasteiger partial charge in [-0.05, 0) is 18.4 Å². The first-order chi connectivity index (χ1) is 25.2. The van der Waals surface area contributed by atoms with Crippen LogP contribution >= 0.6 is 0 Å². The van der Waals surface area contributed by atoms with Gasteiger partial charge >= 0.3 is 30.0 Å². The van der Waals surface area contributed by atoms with E-state index in [9.17, 15) is 33.6 Å². The molecule has 0 radical (unpaired) electrons. The van der Waals surface area contributed by atoms with Crippen LogP contribution in [0.25, 0.3) is 0 Å². The van der Waals surface area contributed by atoms with E-state index in [0.717, 1.165) is 20.8 Å². The average molecular weight is 768 g/mol. The molecule has 0 unspecified atom stereocenters. The highest BCUT2D eigenvalue weighted by Gasteiger charge is 2.52. The first-order valence-corrected chi connectivity index (χ1v) is 17.5. The van der Waals surface area contributed by atoms with E-state index >= 15 is 0 Å². The second-order valence-electron chi connectivity index (χ2n) is 14.2. The number of ether oxygens (including phenoxy) is 7. The van der Waals surface area contributed by atoms with E-state index < -0.39 is 103 Å². The van der Waals surface area contributed by atoms with Crippen LogP contribution in [0, 0.1) is 5.92 Å². The van der Waals surface area contributed by atoms with Crippen molar-refractivity contribution in [1.29, 1.82) is 0 Å². The molecule has 0 aromatic heterocycles. The molecule has 0 spiro atoms. The smallest absolute Gasteiger partial charge is 0.408 e. The second-order valence-corrected chi connectivity index (χ2v) is 14.2. The molecule has 8 atom stereocenters. The summed E-state index contributed by atoms with van der Waals surface area (Å²) in [6.07, 6.45) is -8.03. The molecule has 0 saturated carbocycles. The Labute approximate surface area is 315 Å². The van der Waals surface area contributed by atoms with E-state index in [0.29, 0.717) is 16.6 Å². The first kappa shape index (κ1) is 45.3. The molecule has 1 aromatic carbocycles. The fourth-order valence-corrected chi connectivity index (χ4v) is 5.24. The summed E-state index contributed by atoms with van der Waals surface area (Å²) in [4.78, 5) is 88.9. The Kier molecular flexibility index (Phi) is 17.8. The Morgan fingerprint density at radius 3 is 1.93 bits per heavy atom. The minimum absolute atomic E-state index is 0.0876. The van der Waals surface area contributed by atoms with Crippen molar-refractivity contribution in [3.05, 3.63) is 35.9 Å². The molecular formula is C36H55N4O14+. The SMILES string of the molecule is CC(=O)N[C@H]1[C@H](O[C@H](C)[C@H](NC(=O)OCc2ccccc2)C(=O)N[C@H](C(=O)OCC[N+](C)(C)C)C(C)C)O[C@H](COC(C)=O)[C@@H](OC(C)=O)[C@@H]1OC(C)=O. The summed E-state index contributed by atoms with van der Waals surface area (Å²) in [5.74, 6) is -4.94. The van der Waals surface area contributed by atoms with Crippen molar-refractivity contribution in [3.63, 3.8) is 0 Å². The van der Waals surface area contributed by atoms with Gasteiger partial charge in [0.1, 0.15) is 50.6 Å². The number of amides is 3. The Bertz CT molecular complexity index is 1450. The summed E-state index contributed by atoms with van der Waals surface area (Å²) in [5, 5.41) is 7.71. The predicted molar refractivity (Wildman–Crippen MR) is 189 cm³/mol. The lowest BCUT2D eigenvalue weighted by Crippen LogP contribution is -2.67. The van der Waals surface area contributed by atoms with Crippen LogP contribution in [0.15, 0.2) is 30.3 Å². The molecule has 0 bridgehead atoms. The van der Waals surface area contributed by atoms with Crippen LogP contribution in [0.3, 0.4) is 0 Å². The summed E-state index contributed by atoms with van der Waals surface area (Å²) < 4.78 is 39.7. The molecule has 1 saturated heterocycles. The highest BCUT2D eigenvalue weighted by molar-refractivity contribution is 5.90. The summed E-state index contributed by atoms with van der Waals surface area (Å²) >= 11 is 0. The third kappa shape index (κ3) is 15.7. The molecule has 302 valence electrons. The van der Waals surface area contributed by atoms with Crippen molar-refractivity contribution in [1.82, 2.24) is 16.0 Å². The zero-order chi connectivity index (χ0) is 40.7. The van der Waals surface area contributed by atoms with Gasteiger partial charge in [0.15, 0.2) is 18.5 Å². The van der Waals surface area contributed by atoms with Crippen molar-refractivity contribution in [3.8, 4) is 0 Å². The van der Waals surface area contributed by atoms with Gasteiger partial charge in [-0.15, -0.1) is 0 Å². The van der Waals surface area contributed by atoms with E-state index in [1.165, 1.54) is 13.8 Å². The number of alkyl carbamates (subject to hydrolysis) is 1. The molecule has 2 rings (SSSR count). The van der Waals surface area contributed by atoms with Gasteiger partial charge in [0.2, 0.25) is 11.8 Å². The lowest BCUT2D eigenvalue weighted by molar-refractivity contribution is -0.870. The van der Waals surface area contributed by atoms with E-state index in [2.05, 4.69) is 16.0 Å². The Balaban J connectivity index is 2.50. The standard InChI is InChI=1S/C36H54N4O14/c1-20(2)28(34(46)48-17-16-40(8,9)10)38-33(45)29(39-36(47)50-18-26-14-12-11-13-15-26)21(3)51-35-30(37-22(4)41)32(53-25(7)44)31(52-24(6)43)27(54-35)19-49-23(5)42/h11-15,20-21,27-32,35H,16-19H2,1-10H3,(H2-,37,38,39,41,45,47)/p+1/t21-,27-,28+,29+,30-,31-,32-,35-/m1/s1. The van der Waals surface area contributed by atoms with Gasteiger partial charge in [0.05, 0.1) is 27.2 Å². The number of nitrogens with one attached hydrogen (secondary N) is 3. The molecule has 3 amide bonds. The van der Waals surface area contributed by atoms with E-state index in [1.807, 2.05) is 21.1 Å². The number of benzene rings is 1. The van der Waals surface area contributed by atoms with Gasteiger partial charge < -0.3 is 53.6 Å². The number of likely N-dealkylation sites (N-methyl/N-ethyl adjacent to an activating group) is 1. The number of carbonyl (C=O) groups is 7. The van der Waals surface area contributed by atoms with E-state index in [4.69, 9.17) is 33.2 Å². The molecule has 1 aromatic rings. The summed E-state index contributed by atoms with van der Waals surface area (Å²) in [6.45, 7) is 9.27. The van der Waals surface area contributed by atoms with Gasteiger partial charge in [0.25, 0.3) is 0 Å². The number of rotatable bonds is 18. The molecule has 1 fully saturated rings. The summed E-state index contributed by atoms with van der Waals surface area (Å²) in [7, 11) is 5.79. The maximum Gasteiger partial charge on any atom is 0.408 e. The lowest BCUT2D eigenvalue weighted by Gasteiger charge is -2.45. The highest BCUT2D eigenvalue weighted by Crippen LogP contribution is 2.29. The Morgan fingerprint density at radius 2 is 1.39 bits per heavy atom. The Morgan fingerprint density at radius 1 is 0.778 bits per heavy atom. The number of hydrogen-bond acceptors (Lipinski definition) is 14. The number of esters is 4. The normalized spacial score (nSPS) is 21.4. The van der Waals surface area contributed by atoms with Crippen molar-refractivity contribution >= 4 is 41.8 Å².